The van der Waals surface area contributed by atoms with Crippen molar-refractivity contribution in [1.29, 1.82) is 0 Å². The maximum absolute atomic E-state index is 12.3. The number of ether oxygens (including phenoxy) is 3. The van der Waals surface area contributed by atoms with E-state index in [0.717, 1.165) is 49.5 Å². The molecule has 1 atom stereocenters. The van der Waals surface area contributed by atoms with Gasteiger partial charge in [0, 0.05) is 38.9 Å². The second kappa shape index (κ2) is 15.4. The van der Waals surface area contributed by atoms with Gasteiger partial charge in [-0.15, -0.1) is 0 Å². The number of carbonyl (C=O) groups is 1. The molecular formula is C34H46N2O4. The van der Waals surface area contributed by atoms with E-state index in [1.165, 1.54) is 16.0 Å². The quantitative estimate of drug-likeness (QED) is 0.215. The molecular weight excluding hydrogens is 500 g/mol. The first kappa shape index (κ1) is 31.2. The summed E-state index contributed by atoms with van der Waals surface area (Å²) >= 11 is 0. The molecule has 0 heterocycles. The van der Waals surface area contributed by atoms with E-state index in [9.17, 15) is 4.79 Å². The Labute approximate surface area is 240 Å². The first-order valence-corrected chi connectivity index (χ1v) is 14.3. The zero-order chi connectivity index (χ0) is 29.0. The van der Waals surface area contributed by atoms with Crippen LogP contribution in [0.1, 0.15) is 51.3 Å². The van der Waals surface area contributed by atoms with Gasteiger partial charge in [-0.25, -0.2) is 4.79 Å². The topological polar surface area (TPSA) is 51.2 Å². The minimum atomic E-state index is -0.523. The van der Waals surface area contributed by atoms with Gasteiger partial charge in [-0.05, 0) is 81.6 Å². The highest BCUT2D eigenvalue weighted by atomic mass is 16.6. The molecule has 1 amide bonds. The van der Waals surface area contributed by atoms with Gasteiger partial charge in [-0.2, -0.15) is 0 Å². The van der Waals surface area contributed by atoms with Crippen LogP contribution in [0.25, 0.3) is 0 Å². The van der Waals surface area contributed by atoms with Crippen molar-refractivity contribution in [3.63, 3.8) is 0 Å². The lowest BCUT2D eigenvalue weighted by atomic mass is 10.1. The third-order valence-corrected chi connectivity index (χ3v) is 6.60. The van der Waals surface area contributed by atoms with Crippen molar-refractivity contribution in [2.75, 3.05) is 38.3 Å². The predicted molar refractivity (Wildman–Crippen MR) is 163 cm³/mol. The summed E-state index contributed by atoms with van der Waals surface area (Å²) in [5.74, 6) is 0.859. The molecule has 0 saturated carbocycles. The van der Waals surface area contributed by atoms with Crippen molar-refractivity contribution in [3.05, 3.63) is 95.6 Å². The van der Waals surface area contributed by atoms with Crippen molar-refractivity contribution in [3.8, 4) is 5.75 Å². The van der Waals surface area contributed by atoms with Crippen molar-refractivity contribution in [2.45, 2.75) is 65.7 Å². The summed E-state index contributed by atoms with van der Waals surface area (Å²) in [6.07, 6.45) is 1.41. The standard InChI is InChI=1S/C34H46N2O4/c1-7-36(25-29-12-10-9-11-13-29)26-32(38-8-2)24-28-16-20-31(21-17-28)39-23-22-27-14-18-30(19-15-27)35(6)33(37)40-34(3,4)5/h9-21,32H,7-8,22-26H2,1-6H3. The highest BCUT2D eigenvalue weighted by Crippen LogP contribution is 2.19. The van der Waals surface area contributed by atoms with E-state index < -0.39 is 5.60 Å². The normalized spacial score (nSPS) is 12.3. The second-order valence-corrected chi connectivity index (χ2v) is 11.0. The van der Waals surface area contributed by atoms with Gasteiger partial charge >= 0.3 is 6.09 Å². The Bertz CT molecular complexity index is 1140. The zero-order valence-electron chi connectivity index (χ0n) is 25.1. The molecule has 1 unspecified atom stereocenters. The highest BCUT2D eigenvalue weighted by molar-refractivity contribution is 5.87. The number of carbonyl (C=O) groups excluding carboxylic acids is 1. The Balaban J connectivity index is 1.47. The Hall–Kier alpha value is -3.35. The predicted octanol–water partition coefficient (Wildman–Crippen LogP) is 7.15. The summed E-state index contributed by atoms with van der Waals surface area (Å²) in [5, 5.41) is 0. The van der Waals surface area contributed by atoms with E-state index >= 15 is 0 Å². The van der Waals surface area contributed by atoms with Crippen molar-refractivity contribution < 1.29 is 19.0 Å². The fraction of sp³-hybridized carbons (Fsp3) is 0.441. The van der Waals surface area contributed by atoms with Gasteiger partial charge in [0.2, 0.25) is 0 Å². The molecule has 0 bridgehead atoms. The number of benzene rings is 3. The zero-order valence-corrected chi connectivity index (χ0v) is 25.1. The molecule has 6 heteroatoms. The molecule has 40 heavy (non-hydrogen) atoms. The van der Waals surface area contributed by atoms with Crippen LogP contribution in [0.4, 0.5) is 10.5 Å². The van der Waals surface area contributed by atoms with E-state index in [1.54, 1.807) is 7.05 Å². The number of likely N-dealkylation sites (N-methyl/N-ethyl adjacent to an activating group) is 1. The number of nitrogens with zero attached hydrogens (tertiary/aromatic N) is 2. The molecule has 3 aromatic carbocycles. The smallest absolute Gasteiger partial charge is 0.414 e. The van der Waals surface area contributed by atoms with Crippen LogP contribution in [0.15, 0.2) is 78.9 Å². The molecule has 0 aliphatic heterocycles. The maximum Gasteiger partial charge on any atom is 0.414 e. The van der Waals surface area contributed by atoms with Crippen LogP contribution in [0.5, 0.6) is 5.75 Å². The first-order chi connectivity index (χ1) is 19.2. The number of hydrogen-bond acceptors (Lipinski definition) is 5. The van der Waals surface area contributed by atoms with Crippen molar-refractivity contribution >= 4 is 11.8 Å². The number of amides is 1. The lowest BCUT2D eigenvalue weighted by Crippen LogP contribution is -2.35. The number of hydrogen-bond donors (Lipinski definition) is 0. The first-order valence-electron chi connectivity index (χ1n) is 14.3. The van der Waals surface area contributed by atoms with Gasteiger partial charge in [0.25, 0.3) is 0 Å². The summed E-state index contributed by atoms with van der Waals surface area (Å²) in [6.45, 7) is 13.9. The third-order valence-electron chi connectivity index (χ3n) is 6.60. The van der Waals surface area contributed by atoms with Crippen LogP contribution in [-0.4, -0.2) is 56.0 Å². The minimum absolute atomic E-state index is 0.137. The lowest BCUT2D eigenvalue weighted by molar-refractivity contribution is 0.0331. The third kappa shape index (κ3) is 10.7. The molecule has 3 rings (SSSR count). The Morgan fingerprint density at radius 3 is 2.10 bits per heavy atom. The Morgan fingerprint density at radius 1 is 0.850 bits per heavy atom. The van der Waals surface area contributed by atoms with Crippen LogP contribution < -0.4 is 9.64 Å². The summed E-state index contributed by atoms with van der Waals surface area (Å²) in [6, 6.07) is 26.9. The maximum atomic E-state index is 12.3. The summed E-state index contributed by atoms with van der Waals surface area (Å²) < 4.78 is 17.6. The molecule has 0 radical (unpaired) electrons. The molecule has 0 saturated heterocycles. The van der Waals surface area contributed by atoms with E-state index in [1.807, 2.05) is 57.2 Å². The van der Waals surface area contributed by atoms with Crippen LogP contribution in [0.3, 0.4) is 0 Å². The van der Waals surface area contributed by atoms with Gasteiger partial charge in [0.1, 0.15) is 11.4 Å². The van der Waals surface area contributed by atoms with Gasteiger partial charge < -0.3 is 14.2 Å². The molecule has 0 fully saturated rings. The Morgan fingerprint density at radius 2 is 1.50 bits per heavy atom. The molecule has 0 spiro atoms. The molecule has 216 valence electrons. The minimum Gasteiger partial charge on any atom is -0.493 e. The van der Waals surface area contributed by atoms with Gasteiger partial charge in [-0.1, -0.05) is 61.5 Å². The van der Waals surface area contributed by atoms with Crippen LogP contribution >= 0.6 is 0 Å². The molecule has 0 aromatic heterocycles. The van der Waals surface area contributed by atoms with Gasteiger partial charge in [0.05, 0.1) is 12.7 Å². The molecule has 3 aromatic rings. The van der Waals surface area contributed by atoms with Gasteiger partial charge in [-0.3, -0.25) is 9.80 Å². The summed E-state index contributed by atoms with van der Waals surface area (Å²) in [7, 11) is 1.72. The van der Waals surface area contributed by atoms with E-state index in [0.29, 0.717) is 13.2 Å². The fourth-order valence-corrected chi connectivity index (χ4v) is 4.44. The average Bonchev–Trinajstić information content (AvgIpc) is 2.93. The monoisotopic (exact) mass is 546 g/mol. The van der Waals surface area contributed by atoms with Crippen LogP contribution in [0, 0.1) is 0 Å². The molecule has 0 aliphatic carbocycles. The largest absolute Gasteiger partial charge is 0.493 e. The lowest BCUT2D eigenvalue weighted by Gasteiger charge is -2.26. The van der Waals surface area contributed by atoms with Crippen LogP contribution in [0.2, 0.25) is 0 Å². The Kier molecular flexibility index (Phi) is 12.0. The molecule has 0 N–H and O–H groups in total. The van der Waals surface area contributed by atoms with Gasteiger partial charge in [0.15, 0.2) is 0 Å². The number of anilines is 1. The van der Waals surface area contributed by atoms with E-state index in [2.05, 4.69) is 61.2 Å². The average molecular weight is 547 g/mol. The highest BCUT2D eigenvalue weighted by Gasteiger charge is 2.20. The molecule has 6 nitrogen and oxygen atoms in total. The SMILES string of the molecule is CCOC(Cc1ccc(OCCc2ccc(N(C)C(=O)OC(C)(C)C)cc2)cc1)CN(CC)Cc1ccccc1. The summed E-state index contributed by atoms with van der Waals surface area (Å²) in [5.41, 5.74) is 3.98. The van der Waals surface area contributed by atoms with Crippen molar-refractivity contribution in [1.82, 2.24) is 4.90 Å². The second-order valence-electron chi connectivity index (χ2n) is 11.0. The van der Waals surface area contributed by atoms with E-state index in [-0.39, 0.29) is 12.2 Å². The summed E-state index contributed by atoms with van der Waals surface area (Å²) in [4.78, 5) is 16.3. The number of rotatable bonds is 14. The van der Waals surface area contributed by atoms with Crippen LogP contribution in [-0.2, 0) is 28.9 Å². The fourth-order valence-electron chi connectivity index (χ4n) is 4.44. The molecule has 0 aliphatic rings. The van der Waals surface area contributed by atoms with Crippen molar-refractivity contribution in [2.24, 2.45) is 0 Å². The van der Waals surface area contributed by atoms with E-state index in [4.69, 9.17) is 14.2 Å².